The van der Waals surface area contributed by atoms with Crippen LogP contribution in [-0.4, -0.2) is 23.3 Å². The lowest BCUT2D eigenvalue weighted by atomic mass is 9.80. The molecule has 2 N–H and O–H groups in total. The Morgan fingerprint density at radius 2 is 2.00 bits per heavy atom. The van der Waals surface area contributed by atoms with Crippen LogP contribution in [0.15, 0.2) is 12.1 Å². The van der Waals surface area contributed by atoms with Gasteiger partial charge < -0.3 is 14.8 Å². The predicted molar refractivity (Wildman–Crippen MR) is 57.0 cm³/mol. The molecule has 1 aromatic rings. The average Bonchev–Trinajstić information content (AvgIpc) is 2.09. The van der Waals surface area contributed by atoms with Crippen LogP contribution in [0.4, 0.5) is 4.39 Å². The van der Waals surface area contributed by atoms with Crippen LogP contribution < -0.4 is 10.2 Å². The first-order chi connectivity index (χ1) is 6.91. The van der Waals surface area contributed by atoms with Crippen LogP contribution in [0.2, 0.25) is 5.02 Å². The van der Waals surface area contributed by atoms with Crippen molar-refractivity contribution in [3.05, 3.63) is 23.0 Å². The van der Waals surface area contributed by atoms with E-state index >= 15 is 0 Å². The molecule has 82 valence electrons. The lowest BCUT2D eigenvalue weighted by molar-refractivity contribution is 0.231. The number of hydrogen-bond donors (Lipinski definition) is 2. The first-order valence-corrected chi connectivity index (χ1v) is 4.81. The Labute approximate surface area is 92.6 Å². The molecule has 0 atom stereocenters. The van der Waals surface area contributed by atoms with Crippen molar-refractivity contribution in [1.29, 1.82) is 0 Å². The molecule has 0 saturated heterocycles. The van der Waals surface area contributed by atoms with E-state index in [1.54, 1.807) is 13.8 Å². The van der Waals surface area contributed by atoms with E-state index in [1.165, 1.54) is 6.07 Å². The average molecular weight is 232 g/mol. The highest BCUT2D eigenvalue weighted by atomic mass is 35.5. The predicted octanol–water partition coefficient (Wildman–Crippen LogP) is 0.946. The van der Waals surface area contributed by atoms with Crippen molar-refractivity contribution < 1.29 is 19.2 Å². The Hall–Kier alpha value is -0.775. The normalized spacial score (nSPS) is 10.6. The summed E-state index contributed by atoms with van der Waals surface area (Å²) in [5.74, 6) is -0.885. The molecular formula is C9H11BClFO3. The van der Waals surface area contributed by atoms with Crippen molar-refractivity contribution in [3.63, 3.8) is 0 Å². The fraction of sp³-hybridized carbons (Fsp3) is 0.333. The summed E-state index contributed by atoms with van der Waals surface area (Å²) in [6, 6.07) is 2.44. The van der Waals surface area contributed by atoms with E-state index in [2.05, 4.69) is 0 Å². The minimum atomic E-state index is -1.90. The van der Waals surface area contributed by atoms with Crippen molar-refractivity contribution in [2.45, 2.75) is 20.0 Å². The molecule has 0 amide bonds. The largest absolute Gasteiger partial charge is 0.491 e. The first-order valence-electron chi connectivity index (χ1n) is 4.43. The van der Waals surface area contributed by atoms with E-state index in [1.807, 2.05) is 0 Å². The van der Waals surface area contributed by atoms with Crippen LogP contribution in [0, 0.1) is 5.82 Å². The summed E-state index contributed by atoms with van der Waals surface area (Å²) in [7, 11) is -1.90. The van der Waals surface area contributed by atoms with Gasteiger partial charge in [0, 0.05) is 16.6 Å². The van der Waals surface area contributed by atoms with Crippen LogP contribution in [0.25, 0.3) is 0 Å². The van der Waals surface area contributed by atoms with Crippen molar-refractivity contribution in [2.75, 3.05) is 0 Å². The zero-order valence-electron chi connectivity index (χ0n) is 8.37. The van der Waals surface area contributed by atoms with Gasteiger partial charge in [0.1, 0.15) is 0 Å². The number of hydrogen-bond acceptors (Lipinski definition) is 3. The number of benzene rings is 1. The Balaban J connectivity index is 3.16. The maximum atomic E-state index is 13.6. The highest BCUT2D eigenvalue weighted by Crippen LogP contribution is 2.21. The smallest absolute Gasteiger partial charge is 0.488 e. The molecule has 0 unspecified atom stereocenters. The summed E-state index contributed by atoms with van der Waals surface area (Å²) in [5.41, 5.74) is -0.293. The molecule has 1 rings (SSSR count). The zero-order chi connectivity index (χ0) is 11.6. The Bertz CT molecular complexity index is 357. The molecule has 15 heavy (non-hydrogen) atoms. The third kappa shape index (κ3) is 3.09. The molecule has 0 aliphatic heterocycles. The van der Waals surface area contributed by atoms with Gasteiger partial charge in [-0.1, -0.05) is 11.6 Å². The minimum absolute atomic E-state index is 0.0828. The second kappa shape index (κ2) is 4.83. The van der Waals surface area contributed by atoms with Crippen molar-refractivity contribution in [3.8, 4) is 5.75 Å². The maximum Gasteiger partial charge on any atom is 0.491 e. The molecule has 0 aliphatic carbocycles. The second-order valence-electron chi connectivity index (χ2n) is 3.35. The summed E-state index contributed by atoms with van der Waals surface area (Å²) >= 11 is 5.68. The van der Waals surface area contributed by atoms with E-state index in [9.17, 15) is 4.39 Å². The van der Waals surface area contributed by atoms with Gasteiger partial charge in [-0.25, -0.2) is 4.39 Å². The van der Waals surface area contributed by atoms with Gasteiger partial charge in [0.25, 0.3) is 0 Å². The fourth-order valence-electron chi connectivity index (χ4n) is 1.11. The zero-order valence-corrected chi connectivity index (χ0v) is 9.12. The second-order valence-corrected chi connectivity index (χ2v) is 3.78. The van der Waals surface area contributed by atoms with Crippen molar-refractivity contribution >= 4 is 24.2 Å². The van der Waals surface area contributed by atoms with Crippen molar-refractivity contribution in [2.24, 2.45) is 0 Å². The van der Waals surface area contributed by atoms with Gasteiger partial charge in [0.2, 0.25) is 0 Å². The highest BCUT2D eigenvalue weighted by molar-refractivity contribution is 6.59. The summed E-state index contributed by atoms with van der Waals surface area (Å²) in [5, 5.41) is 18.0. The van der Waals surface area contributed by atoms with E-state index in [0.717, 1.165) is 6.07 Å². The number of halogens is 2. The molecule has 0 bridgehead atoms. The van der Waals surface area contributed by atoms with E-state index in [0.29, 0.717) is 0 Å². The molecule has 0 radical (unpaired) electrons. The van der Waals surface area contributed by atoms with Gasteiger partial charge >= 0.3 is 7.12 Å². The molecule has 6 heteroatoms. The van der Waals surface area contributed by atoms with Crippen LogP contribution >= 0.6 is 11.6 Å². The summed E-state index contributed by atoms with van der Waals surface area (Å²) in [4.78, 5) is 0. The maximum absolute atomic E-state index is 13.6. The topological polar surface area (TPSA) is 49.7 Å². The monoisotopic (exact) mass is 232 g/mol. The fourth-order valence-corrected chi connectivity index (χ4v) is 1.33. The quantitative estimate of drug-likeness (QED) is 0.763. The SMILES string of the molecule is CC(C)Oc1cc(Cl)cc(B(O)O)c1F. The molecule has 1 aromatic carbocycles. The summed E-state index contributed by atoms with van der Waals surface area (Å²) in [6.07, 6.45) is -0.221. The standard InChI is InChI=1S/C9H11BClFO3/c1-5(2)15-8-4-6(11)3-7(9(8)12)10(13)14/h3-5,13-14H,1-2H3. The molecule has 0 aromatic heterocycles. The van der Waals surface area contributed by atoms with Gasteiger partial charge in [0.15, 0.2) is 11.6 Å². The van der Waals surface area contributed by atoms with Crippen LogP contribution in [0.3, 0.4) is 0 Å². The molecule has 0 saturated carbocycles. The number of ether oxygens (including phenoxy) is 1. The molecular weight excluding hydrogens is 221 g/mol. The van der Waals surface area contributed by atoms with Crippen LogP contribution in [0.5, 0.6) is 5.75 Å². The first kappa shape index (κ1) is 12.3. The minimum Gasteiger partial charge on any atom is -0.488 e. The Morgan fingerprint density at radius 1 is 1.40 bits per heavy atom. The van der Waals surface area contributed by atoms with Gasteiger partial charge in [-0.2, -0.15) is 0 Å². The van der Waals surface area contributed by atoms with Crippen LogP contribution in [0.1, 0.15) is 13.8 Å². The van der Waals surface area contributed by atoms with E-state index in [4.69, 9.17) is 26.4 Å². The molecule has 0 fully saturated rings. The van der Waals surface area contributed by atoms with Gasteiger partial charge in [0.05, 0.1) is 6.10 Å². The van der Waals surface area contributed by atoms with Gasteiger partial charge in [-0.15, -0.1) is 0 Å². The number of rotatable bonds is 3. The highest BCUT2D eigenvalue weighted by Gasteiger charge is 2.21. The Kier molecular flexibility index (Phi) is 3.96. The van der Waals surface area contributed by atoms with Crippen LogP contribution in [-0.2, 0) is 0 Å². The lowest BCUT2D eigenvalue weighted by Crippen LogP contribution is -2.33. The third-order valence-corrected chi connectivity index (χ3v) is 1.89. The van der Waals surface area contributed by atoms with E-state index < -0.39 is 12.9 Å². The Morgan fingerprint density at radius 3 is 2.47 bits per heavy atom. The molecule has 0 spiro atoms. The summed E-state index contributed by atoms with van der Waals surface area (Å²) in [6.45, 7) is 3.46. The van der Waals surface area contributed by atoms with Crippen molar-refractivity contribution in [1.82, 2.24) is 0 Å². The van der Waals surface area contributed by atoms with Gasteiger partial charge in [-0.3, -0.25) is 0 Å². The molecule has 3 nitrogen and oxygen atoms in total. The third-order valence-electron chi connectivity index (χ3n) is 1.67. The lowest BCUT2D eigenvalue weighted by Gasteiger charge is -2.13. The molecule has 0 aliphatic rings. The summed E-state index contributed by atoms with van der Waals surface area (Å²) < 4.78 is 18.7. The van der Waals surface area contributed by atoms with Gasteiger partial charge in [-0.05, 0) is 19.9 Å². The molecule has 0 heterocycles. The van der Waals surface area contributed by atoms with E-state index in [-0.39, 0.29) is 22.3 Å².